The SMILES string of the molecule is CC(C)(CNC(=O)C(Cc1ccccc1)NC(=O)OCc1ccccc1)N1CCCCC1. The average molecular weight is 438 g/mol. The second kappa shape index (κ2) is 11.7. The fourth-order valence-electron chi connectivity index (χ4n) is 4.00. The van der Waals surface area contributed by atoms with E-state index in [-0.39, 0.29) is 18.1 Å². The van der Waals surface area contributed by atoms with Crippen molar-refractivity contribution in [2.75, 3.05) is 19.6 Å². The van der Waals surface area contributed by atoms with Gasteiger partial charge in [-0.25, -0.2) is 4.79 Å². The predicted molar refractivity (Wildman–Crippen MR) is 126 cm³/mol. The Labute approximate surface area is 191 Å². The molecule has 6 heteroatoms. The van der Waals surface area contributed by atoms with Crippen LogP contribution < -0.4 is 10.6 Å². The van der Waals surface area contributed by atoms with Crippen molar-refractivity contribution in [3.63, 3.8) is 0 Å². The molecule has 0 aromatic heterocycles. The van der Waals surface area contributed by atoms with Gasteiger partial charge in [-0.2, -0.15) is 0 Å². The van der Waals surface area contributed by atoms with E-state index in [0.717, 1.165) is 24.2 Å². The Morgan fingerprint density at radius 1 is 0.938 bits per heavy atom. The number of nitrogens with one attached hydrogen (secondary N) is 2. The molecule has 172 valence electrons. The highest BCUT2D eigenvalue weighted by Crippen LogP contribution is 2.20. The molecule has 1 aliphatic heterocycles. The van der Waals surface area contributed by atoms with Gasteiger partial charge in [-0.15, -0.1) is 0 Å². The number of benzene rings is 2. The second-order valence-corrected chi connectivity index (χ2v) is 9.03. The summed E-state index contributed by atoms with van der Waals surface area (Å²) in [6.45, 7) is 7.12. The summed E-state index contributed by atoms with van der Waals surface area (Å²) < 4.78 is 5.35. The molecule has 32 heavy (non-hydrogen) atoms. The first-order chi connectivity index (χ1) is 15.4. The molecular formula is C26H35N3O3. The molecule has 1 fully saturated rings. The standard InChI is InChI=1S/C26H35N3O3/c1-26(2,29-16-10-5-11-17-29)20-27-24(30)23(18-21-12-6-3-7-13-21)28-25(31)32-19-22-14-8-4-9-15-22/h3-4,6-9,12-15,23H,5,10-11,16-20H2,1-2H3,(H,27,30)(H,28,31). The molecule has 1 aliphatic rings. The van der Waals surface area contributed by atoms with E-state index in [0.29, 0.717) is 13.0 Å². The number of likely N-dealkylation sites (tertiary alicyclic amines) is 1. The molecule has 1 saturated heterocycles. The monoisotopic (exact) mass is 437 g/mol. The maximum atomic E-state index is 13.1. The van der Waals surface area contributed by atoms with Crippen molar-refractivity contribution in [1.82, 2.24) is 15.5 Å². The van der Waals surface area contributed by atoms with Crippen LogP contribution in [0, 0.1) is 0 Å². The van der Waals surface area contributed by atoms with E-state index < -0.39 is 12.1 Å². The number of alkyl carbamates (subject to hydrolysis) is 1. The van der Waals surface area contributed by atoms with E-state index in [4.69, 9.17) is 4.74 Å². The van der Waals surface area contributed by atoms with Gasteiger partial charge in [0.2, 0.25) is 5.91 Å². The predicted octanol–water partition coefficient (Wildman–Crippen LogP) is 3.90. The first-order valence-electron chi connectivity index (χ1n) is 11.5. The van der Waals surface area contributed by atoms with Crippen molar-refractivity contribution in [2.24, 2.45) is 0 Å². The largest absolute Gasteiger partial charge is 0.445 e. The Hall–Kier alpha value is -2.86. The van der Waals surface area contributed by atoms with Crippen LogP contribution in [0.4, 0.5) is 4.79 Å². The van der Waals surface area contributed by atoms with Gasteiger partial charge in [0.15, 0.2) is 0 Å². The normalized spacial score (nSPS) is 15.6. The van der Waals surface area contributed by atoms with E-state index in [2.05, 4.69) is 29.4 Å². The number of amides is 2. The lowest BCUT2D eigenvalue weighted by Gasteiger charge is -2.41. The topological polar surface area (TPSA) is 70.7 Å². The minimum absolute atomic E-state index is 0.138. The van der Waals surface area contributed by atoms with Gasteiger partial charge >= 0.3 is 6.09 Å². The third-order valence-electron chi connectivity index (χ3n) is 6.01. The molecule has 6 nitrogen and oxygen atoms in total. The number of nitrogens with zero attached hydrogens (tertiary/aromatic N) is 1. The molecule has 1 unspecified atom stereocenters. The Morgan fingerprint density at radius 3 is 2.16 bits per heavy atom. The second-order valence-electron chi connectivity index (χ2n) is 9.03. The van der Waals surface area contributed by atoms with Crippen LogP contribution in [0.5, 0.6) is 0 Å². The van der Waals surface area contributed by atoms with Crippen LogP contribution in [0.1, 0.15) is 44.2 Å². The zero-order valence-electron chi connectivity index (χ0n) is 19.2. The minimum atomic E-state index is -0.710. The fraction of sp³-hybridized carbons (Fsp3) is 0.462. The molecule has 1 atom stereocenters. The van der Waals surface area contributed by atoms with Gasteiger partial charge in [0.05, 0.1) is 0 Å². The van der Waals surface area contributed by atoms with Crippen molar-refractivity contribution in [3.05, 3.63) is 71.8 Å². The van der Waals surface area contributed by atoms with E-state index in [1.54, 1.807) is 0 Å². The lowest BCUT2D eigenvalue weighted by molar-refractivity contribution is -0.123. The van der Waals surface area contributed by atoms with E-state index in [9.17, 15) is 9.59 Å². The highest BCUT2D eigenvalue weighted by Gasteiger charge is 2.30. The van der Waals surface area contributed by atoms with Crippen LogP contribution >= 0.6 is 0 Å². The summed E-state index contributed by atoms with van der Waals surface area (Å²) in [4.78, 5) is 28.0. The van der Waals surface area contributed by atoms with Crippen LogP contribution in [0.25, 0.3) is 0 Å². The van der Waals surface area contributed by atoms with E-state index >= 15 is 0 Å². The van der Waals surface area contributed by atoms with Crippen molar-refractivity contribution in [3.8, 4) is 0 Å². The van der Waals surface area contributed by atoms with Crippen molar-refractivity contribution >= 4 is 12.0 Å². The Morgan fingerprint density at radius 2 is 1.53 bits per heavy atom. The summed E-state index contributed by atoms with van der Waals surface area (Å²) in [5, 5.41) is 5.83. The van der Waals surface area contributed by atoms with Crippen molar-refractivity contribution in [1.29, 1.82) is 0 Å². The number of rotatable bonds is 9. The Balaban J connectivity index is 1.59. The zero-order chi connectivity index (χ0) is 22.8. The first-order valence-corrected chi connectivity index (χ1v) is 11.5. The molecular weight excluding hydrogens is 402 g/mol. The highest BCUT2D eigenvalue weighted by atomic mass is 16.5. The molecule has 0 saturated carbocycles. The quantitative estimate of drug-likeness (QED) is 0.624. The zero-order valence-corrected chi connectivity index (χ0v) is 19.2. The number of carbonyl (C=O) groups is 2. The summed E-state index contributed by atoms with van der Waals surface area (Å²) in [6.07, 6.45) is 3.47. The molecule has 0 radical (unpaired) electrons. The smallest absolute Gasteiger partial charge is 0.408 e. The number of piperidine rings is 1. The third kappa shape index (κ3) is 7.38. The molecule has 2 aromatic carbocycles. The Bertz CT molecular complexity index is 849. The van der Waals surface area contributed by atoms with E-state index in [1.165, 1.54) is 19.3 Å². The number of carbonyl (C=O) groups excluding carboxylic acids is 2. The third-order valence-corrected chi connectivity index (χ3v) is 6.01. The molecule has 0 bridgehead atoms. The fourth-order valence-corrected chi connectivity index (χ4v) is 4.00. The van der Waals surface area contributed by atoms with Gasteiger partial charge in [-0.3, -0.25) is 9.69 Å². The summed E-state index contributed by atoms with van der Waals surface area (Å²) in [5.41, 5.74) is 1.74. The summed E-state index contributed by atoms with van der Waals surface area (Å²) in [7, 11) is 0. The molecule has 0 aliphatic carbocycles. The summed E-state index contributed by atoms with van der Waals surface area (Å²) in [5.74, 6) is -0.199. The number of ether oxygens (including phenoxy) is 1. The number of hydrogen-bond donors (Lipinski definition) is 2. The van der Waals surface area contributed by atoms with Gasteiger partial charge in [-0.1, -0.05) is 67.1 Å². The van der Waals surface area contributed by atoms with Gasteiger partial charge in [-0.05, 0) is 50.9 Å². The molecule has 1 heterocycles. The van der Waals surface area contributed by atoms with E-state index in [1.807, 2.05) is 60.7 Å². The van der Waals surface area contributed by atoms with Crippen LogP contribution in [0.3, 0.4) is 0 Å². The lowest BCUT2D eigenvalue weighted by Crippen LogP contribution is -2.56. The summed E-state index contributed by atoms with van der Waals surface area (Å²) in [6, 6.07) is 18.5. The molecule has 2 aromatic rings. The average Bonchev–Trinajstić information content (AvgIpc) is 2.83. The number of hydrogen-bond acceptors (Lipinski definition) is 4. The molecule has 3 rings (SSSR count). The maximum Gasteiger partial charge on any atom is 0.408 e. The Kier molecular flexibility index (Phi) is 8.68. The van der Waals surface area contributed by atoms with Gasteiger partial charge in [0.25, 0.3) is 0 Å². The first kappa shape index (κ1) is 23.8. The minimum Gasteiger partial charge on any atom is -0.445 e. The highest BCUT2D eigenvalue weighted by molar-refractivity contribution is 5.86. The van der Waals surface area contributed by atoms with Gasteiger partial charge < -0.3 is 15.4 Å². The lowest BCUT2D eigenvalue weighted by atomic mass is 9.98. The maximum absolute atomic E-state index is 13.1. The molecule has 2 N–H and O–H groups in total. The van der Waals surface area contributed by atoms with Crippen LogP contribution in [0.15, 0.2) is 60.7 Å². The van der Waals surface area contributed by atoms with Crippen LogP contribution in [0.2, 0.25) is 0 Å². The molecule has 2 amide bonds. The molecule has 0 spiro atoms. The van der Waals surface area contributed by atoms with Crippen LogP contribution in [-0.2, 0) is 22.6 Å². The van der Waals surface area contributed by atoms with Gasteiger partial charge in [0.1, 0.15) is 12.6 Å². The van der Waals surface area contributed by atoms with Crippen molar-refractivity contribution in [2.45, 2.75) is 57.7 Å². The van der Waals surface area contributed by atoms with Gasteiger partial charge in [0, 0.05) is 18.5 Å². The van der Waals surface area contributed by atoms with Crippen molar-refractivity contribution < 1.29 is 14.3 Å². The van der Waals surface area contributed by atoms with Crippen LogP contribution in [-0.4, -0.2) is 48.1 Å². The summed E-state index contributed by atoms with van der Waals surface area (Å²) >= 11 is 0.